The first-order valence-electron chi connectivity index (χ1n) is 5.27. The van der Waals surface area contributed by atoms with Crippen molar-refractivity contribution < 1.29 is 0 Å². The Labute approximate surface area is 90.1 Å². The van der Waals surface area contributed by atoms with Crippen LogP contribution in [0.3, 0.4) is 0 Å². The van der Waals surface area contributed by atoms with Crippen LogP contribution in [0.15, 0.2) is 24.4 Å². The average molecular weight is 200 g/mol. The molecule has 0 aliphatic rings. The first-order chi connectivity index (χ1) is 7.22. The predicted octanol–water partition coefficient (Wildman–Crippen LogP) is 2.35. The predicted molar refractivity (Wildman–Crippen MR) is 64.0 cm³/mol. The lowest BCUT2D eigenvalue weighted by atomic mass is 10.0. The molecule has 2 nitrogen and oxygen atoms in total. The van der Waals surface area contributed by atoms with Gasteiger partial charge in [0.25, 0.3) is 0 Å². The zero-order chi connectivity index (χ0) is 10.8. The Morgan fingerprint density at radius 1 is 1.27 bits per heavy atom. The molecule has 0 saturated heterocycles. The van der Waals surface area contributed by atoms with E-state index in [-0.39, 0.29) is 0 Å². The third-order valence-corrected chi connectivity index (χ3v) is 2.66. The van der Waals surface area contributed by atoms with Crippen LogP contribution in [0.4, 0.5) is 0 Å². The van der Waals surface area contributed by atoms with Crippen LogP contribution in [0.2, 0.25) is 0 Å². The minimum Gasteiger partial charge on any atom is -0.330 e. The number of nitrogens with zero attached hydrogens (tertiary/aromatic N) is 1. The van der Waals surface area contributed by atoms with Crippen LogP contribution in [0.5, 0.6) is 0 Å². The Hall–Kier alpha value is -1.41. The van der Waals surface area contributed by atoms with Gasteiger partial charge in [-0.15, -0.1) is 0 Å². The highest BCUT2D eigenvalue weighted by Crippen LogP contribution is 2.22. The maximum atomic E-state index is 5.59. The molecule has 15 heavy (non-hydrogen) atoms. The Morgan fingerprint density at radius 2 is 2.07 bits per heavy atom. The molecule has 0 amide bonds. The molecule has 2 aromatic rings. The van der Waals surface area contributed by atoms with E-state index in [1.807, 2.05) is 6.20 Å². The fourth-order valence-electron chi connectivity index (χ4n) is 2.12. The third kappa shape index (κ3) is 1.85. The Kier molecular flexibility index (Phi) is 2.69. The number of nitrogens with two attached hydrogens (primary N) is 1. The van der Waals surface area contributed by atoms with Crippen molar-refractivity contribution in [2.24, 2.45) is 5.73 Å². The molecule has 0 spiro atoms. The number of aromatic nitrogens is 1. The number of pyridine rings is 1. The number of rotatable bonds is 2. The first-order valence-corrected chi connectivity index (χ1v) is 5.27. The highest BCUT2D eigenvalue weighted by atomic mass is 14.7. The van der Waals surface area contributed by atoms with Crippen LogP contribution >= 0.6 is 0 Å². The molecular formula is C13H16N2. The molecule has 0 aliphatic heterocycles. The van der Waals surface area contributed by atoms with Crippen molar-refractivity contribution in [1.82, 2.24) is 4.98 Å². The van der Waals surface area contributed by atoms with E-state index >= 15 is 0 Å². The van der Waals surface area contributed by atoms with E-state index in [1.165, 1.54) is 21.9 Å². The van der Waals surface area contributed by atoms with Crippen LogP contribution in [-0.4, -0.2) is 11.5 Å². The molecule has 2 rings (SSSR count). The number of hydrogen-bond donors (Lipinski definition) is 1. The lowest BCUT2D eigenvalue weighted by Gasteiger charge is -2.08. The molecule has 1 aromatic heterocycles. The number of hydrogen-bond acceptors (Lipinski definition) is 2. The lowest BCUT2D eigenvalue weighted by Crippen LogP contribution is -2.05. The number of aryl methyl sites for hydroxylation is 2. The molecule has 2 N–H and O–H groups in total. The van der Waals surface area contributed by atoms with Gasteiger partial charge in [-0.1, -0.05) is 17.7 Å². The van der Waals surface area contributed by atoms with E-state index in [0.717, 1.165) is 12.1 Å². The first kappa shape index (κ1) is 10.1. The maximum absolute atomic E-state index is 5.59. The van der Waals surface area contributed by atoms with E-state index in [4.69, 9.17) is 5.73 Å². The van der Waals surface area contributed by atoms with Crippen molar-refractivity contribution in [1.29, 1.82) is 0 Å². The fourth-order valence-corrected chi connectivity index (χ4v) is 2.12. The van der Waals surface area contributed by atoms with E-state index in [0.29, 0.717) is 6.54 Å². The zero-order valence-electron chi connectivity index (χ0n) is 9.25. The molecule has 0 saturated carbocycles. The monoisotopic (exact) mass is 200 g/mol. The van der Waals surface area contributed by atoms with Crippen LogP contribution in [0.25, 0.3) is 10.8 Å². The maximum Gasteiger partial charge on any atom is 0.0497 e. The van der Waals surface area contributed by atoms with Crippen molar-refractivity contribution in [3.05, 3.63) is 41.2 Å². The van der Waals surface area contributed by atoms with Gasteiger partial charge < -0.3 is 5.73 Å². The van der Waals surface area contributed by atoms with E-state index in [1.54, 1.807) is 0 Å². The second-order valence-corrected chi connectivity index (χ2v) is 3.98. The van der Waals surface area contributed by atoms with E-state index in [2.05, 4.69) is 37.0 Å². The van der Waals surface area contributed by atoms with Crippen molar-refractivity contribution in [2.45, 2.75) is 20.3 Å². The summed E-state index contributed by atoms with van der Waals surface area (Å²) in [4.78, 5) is 4.41. The van der Waals surface area contributed by atoms with Gasteiger partial charge in [0.15, 0.2) is 0 Å². The summed E-state index contributed by atoms with van der Waals surface area (Å²) in [5, 5.41) is 2.54. The van der Waals surface area contributed by atoms with Crippen LogP contribution in [0, 0.1) is 13.8 Å². The molecular weight excluding hydrogens is 184 g/mol. The second-order valence-electron chi connectivity index (χ2n) is 3.98. The summed E-state index contributed by atoms with van der Waals surface area (Å²) >= 11 is 0. The Balaban J connectivity index is 2.73. The number of benzene rings is 1. The second kappa shape index (κ2) is 3.99. The largest absolute Gasteiger partial charge is 0.330 e. The van der Waals surface area contributed by atoms with Crippen molar-refractivity contribution in [3.8, 4) is 0 Å². The average Bonchev–Trinajstić information content (AvgIpc) is 2.17. The fraction of sp³-hybridized carbons (Fsp3) is 0.308. The molecule has 0 aliphatic carbocycles. The molecule has 0 unspecified atom stereocenters. The minimum atomic E-state index is 0.652. The van der Waals surface area contributed by atoms with Gasteiger partial charge in [0.1, 0.15) is 0 Å². The summed E-state index contributed by atoms with van der Waals surface area (Å²) in [6.07, 6.45) is 2.72. The summed E-state index contributed by atoms with van der Waals surface area (Å²) in [7, 11) is 0. The molecule has 0 radical (unpaired) electrons. The van der Waals surface area contributed by atoms with Gasteiger partial charge in [-0.2, -0.15) is 0 Å². The standard InChI is InChI=1S/C13H16N2/c1-9-7-10(2)13-11(8-9)4-6-15-12(13)3-5-14/h4,6-8H,3,5,14H2,1-2H3. The third-order valence-electron chi connectivity index (χ3n) is 2.66. The van der Waals surface area contributed by atoms with Crippen LogP contribution < -0.4 is 5.73 Å². The van der Waals surface area contributed by atoms with Crippen molar-refractivity contribution in [3.63, 3.8) is 0 Å². The Bertz CT molecular complexity index is 489. The van der Waals surface area contributed by atoms with Gasteiger partial charge in [0, 0.05) is 23.7 Å². The molecule has 0 bridgehead atoms. The molecule has 1 aromatic carbocycles. The van der Waals surface area contributed by atoms with Gasteiger partial charge in [-0.25, -0.2) is 0 Å². The highest BCUT2D eigenvalue weighted by molar-refractivity contribution is 5.88. The van der Waals surface area contributed by atoms with Crippen molar-refractivity contribution >= 4 is 10.8 Å². The normalized spacial score (nSPS) is 10.9. The zero-order valence-corrected chi connectivity index (χ0v) is 9.25. The SMILES string of the molecule is Cc1cc(C)c2c(CCN)nccc2c1. The smallest absolute Gasteiger partial charge is 0.0497 e. The highest BCUT2D eigenvalue weighted by Gasteiger charge is 2.04. The molecule has 2 heteroatoms. The van der Waals surface area contributed by atoms with Crippen LogP contribution in [0.1, 0.15) is 16.8 Å². The summed E-state index contributed by atoms with van der Waals surface area (Å²) in [5.74, 6) is 0. The summed E-state index contributed by atoms with van der Waals surface area (Å²) in [5.41, 5.74) is 9.30. The van der Waals surface area contributed by atoms with Gasteiger partial charge in [-0.3, -0.25) is 4.98 Å². The van der Waals surface area contributed by atoms with Crippen LogP contribution in [-0.2, 0) is 6.42 Å². The summed E-state index contributed by atoms with van der Waals surface area (Å²) in [6.45, 7) is 4.91. The quantitative estimate of drug-likeness (QED) is 0.808. The van der Waals surface area contributed by atoms with Crippen molar-refractivity contribution in [2.75, 3.05) is 6.54 Å². The van der Waals surface area contributed by atoms with Gasteiger partial charge >= 0.3 is 0 Å². The van der Waals surface area contributed by atoms with E-state index < -0.39 is 0 Å². The number of fused-ring (bicyclic) bond motifs is 1. The Morgan fingerprint density at radius 3 is 2.80 bits per heavy atom. The minimum absolute atomic E-state index is 0.652. The molecule has 0 atom stereocenters. The van der Waals surface area contributed by atoms with Gasteiger partial charge in [0.05, 0.1) is 0 Å². The molecule has 78 valence electrons. The summed E-state index contributed by atoms with van der Waals surface area (Å²) in [6, 6.07) is 6.46. The topological polar surface area (TPSA) is 38.9 Å². The van der Waals surface area contributed by atoms with Gasteiger partial charge in [-0.05, 0) is 37.4 Å². The molecule has 1 heterocycles. The lowest BCUT2D eigenvalue weighted by molar-refractivity contribution is 0.934. The van der Waals surface area contributed by atoms with Gasteiger partial charge in [0.2, 0.25) is 0 Å². The molecule has 0 fully saturated rings. The summed E-state index contributed by atoms with van der Waals surface area (Å²) < 4.78 is 0. The van der Waals surface area contributed by atoms with E-state index in [9.17, 15) is 0 Å².